The number of nitrogens with one attached hydrogen (secondary N) is 2. The average Bonchev–Trinajstić information content (AvgIpc) is 3.08. The molecule has 3 aliphatic carbocycles. The number of carbonyl (C=O) groups excluding carboxylic acids is 1. The van der Waals surface area contributed by atoms with Gasteiger partial charge in [0.2, 0.25) is 5.91 Å². The van der Waals surface area contributed by atoms with E-state index in [1.807, 2.05) is 0 Å². The summed E-state index contributed by atoms with van der Waals surface area (Å²) in [5, 5.41) is 16.2. The van der Waals surface area contributed by atoms with Crippen LogP contribution in [0.4, 0.5) is 5.69 Å². The van der Waals surface area contributed by atoms with Crippen LogP contribution in [-0.2, 0) is 9.59 Å². The highest BCUT2D eigenvalue weighted by molar-refractivity contribution is 9.10. The van der Waals surface area contributed by atoms with Gasteiger partial charge in [0.1, 0.15) is 4.60 Å². The zero-order valence-electron chi connectivity index (χ0n) is 14.3. The summed E-state index contributed by atoms with van der Waals surface area (Å²) in [4.78, 5) is 29.3. The minimum atomic E-state index is -0.803. The zero-order chi connectivity index (χ0) is 18.1. The number of carboxylic acids is 1. The fourth-order valence-corrected chi connectivity index (χ4v) is 6.66. The Kier molecular flexibility index (Phi) is 3.70. The number of carbonyl (C=O) groups is 2. The van der Waals surface area contributed by atoms with Crippen LogP contribution >= 0.6 is 15.9 Å². The quantitative estimate of drug-likeness (QED) is 0.651. The first-order valence-corrected chi connectivity index (χ1v) is 10.2. The van der Waals surface area contributed by atoms with Crippen molar-refractivity contribution < 1.29 is 14.7 Å². The third-order valence-corrected chi connectivity index (χ3v) is 7.96. The molecular weight excluding hydrogens is 398 g/mol. The molecule has 1 amide bonds. The Morgan fingerprint density at radius 3 is 2.50 bits per heavy atom. The maximum absolute atomic E-state index is 13.1. The first-order valence-electron chi connectivity index (χ1n) is 9.38. The second kappa shape index (κ2) is 5.76. The topological polar surface area (TPSA) is 91.3 Å². The Balaban J connectivity index is 1.41. The Morgan fingerprint density at radius 1 is 1.19 bits per heavy atom. The summed E-state index contributed by atoms with van der Waals surface area (Å²) in [6.07, 6.45) is 4.66. The van der Waals surface area contributed by atoms with E-state index in [1.54, 1.807) is 18.3 Å². The predicted molar refractivity (Wildman–Crippen MR) is 98.3 cm³/mol. The van der Waals surface area contributed by atoms with Crippen LogP contribution in [0.25, 0.3) is 0 Å². The molecule has 5 rings (SSSR count). The van der Waals surface area contributed by atoms with Gasteiger partial charge in [-0.15, -0.1) is 0 Å². The number of aromatic nitrogens is 1. The number of hydrogen-bond acceptors (Lipinski definition) is 4. The van der Waals surface area contributed by atoms with E-state index in [0.29, 0.717) is 22.1 Å². The molecule has 2 unspecified atom stereocenters. The number of pyridine rings is 1. The lowest BCUT2D eigenvalue weighted by Crippen LogP contribution is -2.44. The molecule has 1 aromatic rings. The van der Waals surface area contributed by atoms with E-state index in [0.717, 1.165) is 32.4 Å². The number of aliphatic carboxylic acids is 1. The molecule has 1 spiro atoms. The summed E-state index contributed by atoms with van der Waals surface area (Å²) in [5.41, 5.74) is 0.727. The first-order chi connectivity index (χ1) is 12.5. The van der Waals surface area contributed by atoms with E-state index in [1.165, 1.54) is 0 Å². The molecule has 0 aromatic carbocycles. The number of nitrogens with zero attached hydrogens (tertiary/aromatic N) is 1. The minimum absolute atomic E-state index is 0.107. The van der Waals surface area contributed by atoms with Gasteiger partial charge in [-0.25, -0.2) is 4.98 Å². The van der Waals surface area contributed by atoms with Gasteiger partial charge in [0, 0.05) is 0 Å². The fraction of sp³-hybridized carbons (Fsp3) is 0.632. The number of amides is 1. The number of anilines is 1. The van der Waals surface area contributed by atoms with Crippen LogP contribution in [0.1, 0.15) is 19.3 Å². The lowest BCUT2D eigenvalue weighted by molar-refractivity contribution is -0.148. The first kappa shape index (κ1) is 16.7. The summed E-state index contributed by atoms with van der Waals surface area (Å²) in [6.45, 7) is 2.09. The third-order valence-electron chi connectivity index (χ3n) is 7.49. The largest absolute Gasteiger partial charge is 0.481 e. The van der Waals surface area contributed by atoms with Crippen LogP contribution in [0, 0.1) is 40.9 Å². The molecule has 26 heavy (non-hydrogen) atoms. The molecule has 1 aromatic heterocycles. The van der Waals surface area contributed by atoms with Gasteiger partial charge in [0.05, 0.1) is 23.7 Å². The van der Waals surface area contributed by atoms with Crippen LogP contribution in [-0.4, -0.2) is 35.1 Å². The number of halogens is 1. The monoisotopic (exact) mass is 419 g/mol. The van der Waals surface area contributed by atoms with Crippen molar-refractivity contribution in [1.82, 2.24) is 10.3 Å². The van der Waals surface area contributed by atoms with Crippen molar-refractivity contribution in [3.63, 3.8) is 0 Å². The molecule has 1 saturated heterocycles. The van der Waals surface area contributed by atoms with Gasteiger partial charge in [0.25, 0.3) is 0 Å². The Hall–Kier alpha value is -1.47. The SMILES string of the molecule is O=C(O)[C@H]1[C@H](C(=O)Nc2ccc(Br)nc2)[C@@H]2CC[C@H]1C21CC1C1CNC1. The van der Waals surface area contributed by atoms with E-state index in [2.05, 4.69) is 31.5 Å². The lowest BCUT2D eigenvalue weighted by atomic mass is 9.78. The molecule has 0 radical (unpaired) electrons. The number of rotatable bonds is 4. The molecule has 4 aliphatic rings. The molecule has 3 N–H and O–H groups in total. The summed E-state index contributed by atoms with van der Waals surface area (Å²) in [5.74, 6) is -0.270. The van der Waals surface area contributed by atoms with Gasteiger partial charge in [-0.05, 0) is 89.5 Å². The van der Waals surface area contributed by atoms with Crippen molar-refractivity contribution in [2.75, 3.05) is 18.4 Å². The van der Waals surface area contributed by atoms with Crippen molar-refractivity contribution >= 4 is 33.5 Å². The van der Waals surface area contributed by atoms with Crippen molar-refractivity contribution in [1.29, 1.82) is 0 Å². The molecule has 2 bridgehead atoms. The highest BCUT2D eigenvalue weighted by Gasteiger charge is 2.77. The van der Waals surface area contributed by atoms with Gasteiger partial charge in [-0.3, -0.25) is 9.59 Å². The van der Waals surface area contributed by atoms with E-state index >= 15 is 0 Å². The summed E-state index contributed by atoms with van der Waals surface area (Å²) in [6, 6.07) is 3.56. The van der Waals surface area contributed by atoms with Crippen molar-refractivity contribution in [2.24, 2.45) is 40.9 Å². The average molecular weight is 420 g/mol. The van der Waals surface area contributed by atoms with Crippen LogP contribution in [0.5, 0.6) is 0 Å². The van der Waals surface area contributed by atoms with E-state index in [4.69, 9.17) is 0 Å². The fourth-order valence-electron chi connectivity index (χ4n) is 6.42. The Bertz CT molecular complexity index is 766. The van der Waals surface area contributed by atoms with Crippen LogP contribution in [0.15, 0.2) is 22.9 Å². The summed E-state index contributed by atoms with van der Waals surface area (Å²) < 4.78 is 0.702. The van der Waals surface area contributed by atoms with Crippen molar-refractivity contribution in [3.05, 3.63) is 22.9 Å². The van der Waals surface area contributed by atoms with E-state index < -0.39 is 17.8 Å². The molecule has 4 fully saturated rings. The number of carboxylic acid groups (broad SMARTS) is 1. The van der Waals surface area contributed by atoms with E-state index in [9.17, 15) is 14.7 Å². The summed E-state index contributed by atoms with van der Waals surface area (Å²) >= 11 is 3.28. The molecule has 7 heteroatoms. The third kappa shape index (κ3) is 2.22. The van der Waals surface area contributed by atoms with Gasteiger partial charge in [-0.1, -0.05) is 0 Å². The maximum Gasteiger partial charge on any atom is 0.307 e. The molecule has 3 saturated carbocycles. The highest BCUT2D eigenvalue weighted by Crippen LogP contribution is 2.79. The molecule has 6 atom stereocenters. The van der Waals surface area contributed by atoms with Gasteiger partial charge in [0.15, 0.2) is 0 Å². The zero-order valence-corrected chi connectivity index (χ0v) is 15.9. The summed E-state index contributed by atoms with van der Waals surface area (Å²) in [7, 11) is 0. The van der Waals surface area contributed by atoms with Gasteiger partial charge in [-0.2, -0.15) is 0 Å². The van der Waals surface area contributed by atoms with Crippen LogP contribution < -0.4 is 10.6 Å². The highest BCUT2D eigenvalue weighted by atomic mass is 79.9. The lowest BCUT2D eigenvalue weighted by Gasteiger charge is -2.31. The minimum Gasteiger partial charge on any atom is -0.481 e. The molecule has 6 nitrogen and oxygen atoms in total. The molecular formula is C19H22BrN3O3. The molecule has 2 heterocycles. The molecule has 1 aliphatic heterocycles. The van der Waals surface area contributed by atoms with Gasteiger partial charge < -0.3 is 15.7 Å². The number of hydrogen-bond donors (Lipinski definition) is 3. The van der Waals surface area contributed by atoms with Crippen molar-refractivity contribution in [2.45, 2.75) is 19.3 Å². The Morgan fingerprint density at radius 2 is 1.92 bits per heavy atom. The van der Waals surface area contributed by atoms with Crippen LogP contribution in [0.2, 0.25) is 0 Å². The standard InChI is InChI=1S/C19H22BrN3O3/c20-14-4-1-10(8-22-14)23-17(24)15-11-2-3-12(16(15)18(25)26)19(11)5-13(19)9-6-21-7-9/h1,4,8-9,11-13,15-16,21H,2-3,5-7H2,(H,23,24)(H,25,26)/t11-,12+,13?,15+,16+,19?/m0/s1. The second-order valence-electron chi connectivity index (χ2n) is 8.38. The Labute approximate surface area is 160 Å². The smallest absolute Gasteiger partial charge is 0.307 e. The molecule has 138 valence electrons. The normalized spacial score (nSPS) is 40.4. The van der Waals surface area contributed by atoms with Crippen LogP contribution in [0.3, 0.4) is 0 Å². The van der Waals surface area contributed by atoms with E-state index in [-0.39, 0.29) is 23.2 Å². The maximum atomic E-state index is 13.1. The predicted octanol–water partition coefficient (Wildman–Crippen LogP) is 2.37. The van der Waals surface area contributed by atoms with Gasteiger partial charge >= 0.3 is 5.97 Å². The second-order valence-corrected chi connectivity index (χ2v) is 9.19. The van der Waals surface area contributed by atoms with Crippen molar-refractivity contribution in [3.8, 4) is 0 Å².